The zero-order chi connectivity index (χ0) is 18.0. The Morgan fingerprint density at radius 1 is 0.958 bits per heavy atom. The van der Waals surface area contributed by atoms with E-state index in [1.54, 1.807) is 0 Å². The molecule has 0 unspecified atom stereocenters. The normalized spacial score (nSPS) is 11.8. The molecule has 0 spiro atoms. The van der Waals surface area contributed by atoms with Crippen molar-refractivity contribution in [2.45, 2.75) is 83.0 Å². The Morgan fingerprint density at radius 2 is 1.46 bits per heavy atom. The summed E-state index contributed by atoms with van der Waals surface area (Å²) in [6.07, 6.45) is 11.0. The molecule has 0 saturated heterocycles. The van der Waals surface area contributed by atoms with Crippen molar-refractivity contribution in [3.05, 3.63) is 22.2 Å². The molecule has 1 heterocycles. The molecule has 0 bridgehead atoms. The molecule has 1 aromatic heterocycles. The van der Waals surface area contributed by atoms with Crippen molar-refractivity contribution in [3.63, 3.8) is 0 Å². The molecule has 0 radical (unpaired) electrons. The number of unbranched alkanes of at least 4 members (excludes halogenated alkanes) is 9. The zero-order valence-corrected chi connectivity index (χ0v) is 15.7. The van der Waals surface area contributed by atoms with Crippen LogP contribution in [-0.4, -0.2) is 19.3 Å². The highest BCUT2D eigenvalue weighted by atomic mass is 32.2. The first kappa shape index (κ1) is 20.7. The quantitative estimate of drug-likeness (QED) is 0.562. The van der Waals surface area contributed by atoms with Crippen molar-refractivity contribution in [3.8, 4) is 5.75 Å². The molecule has 1 rings (SSSR count). The van der Waals surface area contributed by atoms with Gasteiger partial charge in [0.2, 0.25) is 0 Å². The number of aromatic hydroxyl groups is 1. The molecule has 0 amide bonds. The number of rotatable bonds is 12. The molecule has 0 fully saturated rings. The average Bonchev–Trinajstić information content (AvgIpc) is 2.47. The van der Waals surface area contributed by atoms with Gasteiger partial charge in [-0.15, -0.1) is 0 Å². The van der Waals surface area contributed by atoms with Gasteiger partial charge in [-0.3, -0.25) is 0 Å². The van der Waals surface area contributed by atoms with Crippen LogP contribution in [0.4, 0.5) is 0 Å². The first-order valence-corrected chi connectivity index (χ1v) is 10.6. The summed E-state index contributed by atoms with van der Waals surface area (Å²) >= 11 is 0. The minimum Gasteiger partial charge on any atom is -0.506 e. The molecule has 1 aromatic rings. The van der Waals surface area contributed by atoms with Gasteiger partial charge in [0.25, 0.3) is 0 Å². The molecule has 0 aromatic carbocycles. The summed E-state index contributed by atoms with van der Waals surface area (Å²) in [5.41, 5.74) is -0.987. The number of sulfone groups is 1. The maximum atomic E-state index is 12.2. The van der Waals surface area contributed by atoms with Crippen LogP contribution in [0.25, 0.3) is 0 Å². The molecule has 0 aliphatic carbocycles. The highest BCUT2D eigenvalue weighted by Crippen LogP contribution is 2.22. The fourth-order valence-electron chi connectivity index (χ4n) is 2.75. The predicted molar refractivity (Wildman–Crippen MR) is 95.3 cm³/mol. The molecule has 138 valence electrons. The summed E-state index contributed by atoms with van der Waals surface area (Å²) in [4.78, 5) is 11.1. The topological polar surface area (TPSA) is 84.6 Å². The summed E-state index contributed by atoms with van der Waals surface area (Å²) in [6.45, 7) is 3.69. The van der Waals surface area contributed by atoms with Crippen LogP contribution < -0.4 is 5.63 Å². The van der Waals surface area contributed by atoms with Gasteiger partial charge in [0.1, 0.15) is 11.5 Å². The van der Waals surface area contributed by atoms with Crippen LogP contribution in [-0.2, 0) is 9.84 Å². The Morgan fingerprint density at radius 3 is 1.96 bits per heavy atom. The van der Waals surface area contributed by atoms with Gasteiger partial charge >= 0.3 is 5.63 Å². The molecular weight excluding hydrogens is 328 g/mol. The van der Waals surface area contributed by atoms with E-state index in [0.717, 1.165) is 25.3 Å². The second-order valence-corrected chi connectivity index (χ2v) is 8.41. The van der Waals surface area contributed by atoms with E-state index < -0.39 is 26.1 Å². The molecule has 0 saturated carbocycles. The third kappa shape index (κ3) is 7.07. The maximum absolute atomic E-state index is 12.2. The Kier molecular flexibility index (Phi) is 9.11. The molecule has 24 heavy (non-hydrogen) atoms. The fraction of sp³-hybridized carbons (Fsp3) is 0.722. The van der Waals surface area contributed by atoms with Crippen LogP contribution >= 0.6 is 0 Å². The van der Waals surface area contributed by atoms with E-state index >= 15 is 0 Å². The largest absolute Gasteiger partial charge is 0.506 e. The van der Waals surface area contributed by atoms with Crippen molar-refractivity contribution in [2.75, 3.05) is 5.75 Å². The van der Waals surface area contributed by atoms with Crippen LogP contribution in [0.1, 0.15) is 76.9 Å². The second-order valence-electron chi connectivity index (χ2n) is 6.36. The lowest BCUT2D eigenvalue weighted by atomic mass is 10.1. The van der Waals surface area contributed by atoms with Gasteiger partial charge in [0.15, 0.2) is 14.7 Å². The third-order valence-corrected chi connectivity index (χ3v) is 5.91. The van der Waals surface area contributed by atoms with Gasteiger partial charge in [-0.1, -0.05) is 64.7 Å². The summed E-state index contributed by atoms with van der Waals surface area (Å²) in [5.74, 6) is -0.462. The second kappa shape index (κ2) is 10.5. The number of aryl methyl sites for hydroxylation is 1. The minimum absolute atomic E-state index is 0.134. The van der Waals surface area contributed by atoms with Crippen LogP contribution in [0, 0.1) is 6.92 Å². The molecule has 0 aliphatic rings. The summed E-state index contributed by atoms with van der Waals surface area (Å²) in [6, 6.07) is 1.16. The monoisotopic (exact) mass is 358 g/mol. The SMILES string of the molecule is CCCCCCCCCCCCS(=O)(=O)c1c(O)cc(C)oc1=O. The minimum atomic E-state index is -3.80. The van der Waals surface area contributed by atoms with Gasteiger partial charge in [-0.05, 0) is 13.3 Å². The lowest BCUT2D eigenvalue weighted by molar-refractivity contribution is 0.407. The molecule has 0 atom stereocenters. The molecule has 5 nitrogen and oxygen atoms in total. The van der Waals surface area contributed by atoms with Gasteiger partial charge in [0.05, 0.1) is 5.75 Å². The van der Waals surface area contributed by atoms with E-state index in [2.05, 4.69) is 6.92 Å². The molecular formula is C18H30O5S. The van der Waals surface area contributed by atoms with Gasteiger partial charge < -0.3 is 9.52 Å². The Bertz CT molecular complexity index is 646. The van der Waals surface area contributed by atoms with E-state index in [1.165, 1.54) is 45.4 Å². The van der Waals surface area contributed by atoms with Crippen molar-refractivity contribution in [2.24, 2.45) is 0 Å². The lowest BCUT2D eigenvalue weighted by Crippen LogP contribution is -2.17. The van der Waals surface area contributed by atoms with Gasteiger partial charge in [-0.2, -0.15) is 0 Å². The van der Waals surface area contributed by atoms with Crippen molar-refractivity contribution in [1.29, 1.82) is 0 Å². The van der Waals surface area contributed by atoms with E-state index in [-0.39, 0.29) is 11.5 Å². The van der Waals surface area contributed by atoms with E-state index in [1.807, 2.05) is 0 Å². The zero-order valence-electron chi connectivity index (χ0n) is 14.8. The van der Waals surface area contributed by atoms with Gasteiger partial charge in [0, 0.05) is 6.07 Å². The summed E-state index contributed by atoms with van der Waals surface area (Å²) in [5, 5.41) is 9.73. The summed E-state index contributed by atoms with van der Waals surface area (Å²) < 4.78 is 29.2. The first-order chi connectivity index (χ1) is 11.4. The van der Waals surface area contributed by atoms with Gasteiger partial charge in [-0.25, -0.2) is 13.2 Å². The summed E-state index contributed by atoms with van der Waals surface area (Å²) in [7, 11) is -3.80. The fourth-order valence-corrected chi connectivity index (χ4v) is 4.21. The maximum Gasteiger partial charge on any atom is 0.358 e. The predicted octanol–water partition coefficient (Wildman–Crippen LogP) is 4.35. The Hall–Kier alpha value is -1.30. The van der Waals surface area contributed by atoms with Crippen molar-refractivity contribution in [1.82, 2.24) is 0 Å². The number of hydrogen-bond acceptors (Lipinski definition) is 5. The molecule has 0 aliphatic heterocycles. The lowest BCUT2D eigenvalue weighted by Gasteiger charge is -2.06. The van der Waals surface area contributed by atoms with Crippen LogP contribution in [0.15, 0.2) is 20.2 Å². The van der Waals surface area contributed by atoms with E-state index in [9.17, 15) is 18.3 Å². The Labute approximate surface area is 145 Å². The van der Waals surface area contributed by atoms with Crippen LogP contribution in [0.5, 0.6) is 5.75 Å². The molecule has 1 N–H and O–H groups in total. The number of hydrogen-bond donors (Lipinski definition) is 1. The van der Waals surface area contributed by atoms with Crippen LogP contribution in [0.3, 0.4) is 0 Å². The smallest absolute Gasteiger partial charge is 0.358 e. The third-order valence-electron chi connectivity index (χ3n) is 4.09. The molecule has 6 heteroatoms. The van der Waals surface area contributed by atoms with Crippen molar-refractivity contribution >= 4 is 9.84 Å². The highest BCUT2D eigenvalue weighted by molar-refractivity contribution is 7.91. The highest BCUT2D eigenvalue weighted by Gasteiger charge is 2.24. The van der Waals surface area contributed by atoms with E-state index in [0.29, 0.717) is 6.42 Å². The van der Waals surface area contributed by atoms with E-state index in [4.69, 9.17) is 4.42 Å². The average molecular weight is 359 g/mol. The first-order valence-electron chi connectivity index (χ1n) is 8.95. The Balaban J connectivity index is 2.31. The van der Waals surface area contributed by atoms with Crippen molar-refractivity contribution < 1.29 is 17.9 Å². The standard InChI is InChI=1S/C18H30O5S/c1-3-4-5-6-7-8-9-10-11-12-13-24(21,22)17-16(19)14-15(2)23-18(17)20/h14,19H,3-13H2,1-2H3. The van der Waals surface area contributed by atoms with Crippen LogP contribution in [0.2, 0.25) is 0 Å².